The highest BCUT2D eigenvalue weighted by Crippen LogP contribution is 2.25. The minimum atomic E-state index is 0.250. The van der Waals surface area contributed by atoms with Gasteiger partial charge in [0.2, 0.25) is 0 Å². The molecule has 2 aromatic rings. The summed E-state index contributed by atoms with van der Waals surface area (Å²) in [4.78, 5) is 26.0. The Morgan fingerprint density at radius 3 is 2.05 bits per heavy atom. The summed E-state index contributed by atoms with van der Waals surface area (Å²) in [5.41, 5.74) is 1.42. The number of carbonyl (C=O) groups excluding carboxylic acids is 3. The van der Waals surface area contributed by atoms with Crippen LogP contribution >= 0.6 is 54.5 Å². The van der Waals surface area contributed by atoms with Crippen molar-refractivity contribution in [3.05, 3.63) is 36.0 Å². The molecule has 0 fully saturated rings. The van der Waals surface area contributed by atoms with Gasteiger partial charge in [-0.25, -0.2) is 0 Å². The van der Waals surface area contributed by atoms with Crippen LogP contribution in [0.5, 0.6) is 5.75 Å². The molecule has 0 bridgehead atoms. The lowest BCUT2D eigenvalue weighted by Crippen LogP contribution is -1.83. The van der Waals surface area contributed by atoms with Crippen LogP contribution in [0.15, 0.2) is 30.5 Å². The lowest BCUT2D eigenvalue weighted by molar-refractivity contribution is -0.191. The van der Waals surface area contributed by atoms with Crippen LogP contribution in [0.4, 0.5) is 0 Å². The Balaban J connectivity index is 0.000000304. The third-order valence-corrected chi connectivity index (χ3v) is 4.79. The van der Waals surface area contributed by atoms with Gasteiger partial charge < -0.3 is 4.74 Å². The molecule has 0 N–H and O–H groups in total. The molecule has 2 aromatic heterocycles. The summed E-state index contributed by atoms with van der Waals surface area (Å²) in [5.74, 6) is 0.585. The Hall–Kier alpha value is -0.790. The van der Waals surface area contributed by atoms with E-state index in [1.165, 1.54) is 20.7 Å². The minimum absolute atomic E-state index is 0.250. The zero-order valence-electron chi connectivity index (χ0n) is 10.3. The van der Waals surface area contributed by atoms with Gasteiger partial charge in [-0.2, -0.15) is 9.59 Å². The fourth-order valence-corrected chi connectivity index (χ4v) is 3.28. The van der Waals surface area contributed by atoms with E-state index in [0.29, 0.717) is 12.2 Å². The predicted octanol–water partition coefficient (Wildman–Crippen LogP) is 4.54. The van der Waals surface area contributed by atoms with Gasteiger partial charge in [-0.15, -0.1) is 22.7 Å². The SMILES string of the molecule is CCc1csc(Br)c1.O=C=O.O=COc1csc(Br)c1. The van der Waals surface area contributed by atoms with Gasteiger partial charge in [0, 0.05) is 11.4 Å². The number of hydrogen-bond acceptors (Lipinski definition) is 6. The second-order valence-corrected chi connectivity index (χ2v) is 7.58. The fourth-order valence-electron chi connectivity index (χ4n) is 0.943. The Morgan fingerprint density at radius 1 is 1.20 bits per heavy atom. The molecule has 8 heteroatoms. The van der Waals surface area contributed by atoms with Crippen molar-refractivity contribution in [2.75, 3.05) is 0 Å². The zero-order valence-corrected chi connectivity index (χ0v) is 15.1. The van der Waals surface area contributed by atoms with Crippen molar-refractivity contribution in [3.8, 4) is 5.75 Å². The summed E-state index contributed by atoms with van der Waals surface area (Å²) in [6.07, 6.45) is 1.39. The highest BCUT2D eigenvalue weighted by atomic mass is 79.9. The first-order valence-electron chi connectivity index (χ1n) is 5.13. The molecule has 0 amide bonds. The van der Waals surface area contributed by atoms with E-state index in [0.717, 1.165) is 10.2 Å². The lowest BCUT2D eigenvalue weighted by atomic mass is 10.3. The normalized spacial score (nSPS) is 8.35. The van der Waals surface area contributed by atoms with Crippen molar-refractivity contribution in [1.82, 2.24) is 0 Å². The van der Waals surface area contributed by atoms with Crippen molar-refractivity contribution in [2.45, 2.75) is 13.3 Å². The number of hydrogen-bond donors (Lipinski definition) is 0. The van der Waals surface area contributed by atoms with Crippen LogP contribution < -0.4 is 4.74 Å². The van der Waals surface area contributed by atoms with Gasteiger partial charge in [0.1, 0.15) is 5.75 Å². The topological polar surface area (TPSA) is 60.4 Å². The van der Waals surface area contributed by atoms with Gasteiger partial charge in [0.05, 0.1) is 7.57 Å². The zero-order chi connectivity index (χ0) is 15.4. The molecule has 0 spiro atoms. The smallest absolute Gasteiger partial charge is 0.373 e. The van der Waals surface area contributed by atoms with Crippen molar-refractivity contribution < 1.29 is 19.1 Å². The van der Waals surface area contributed by atoms with E-state index < -0.39 is 0 Å². The number of carbonyl (C=O) groups is 1. The maximum Gasteiger partial charge on any atom is 0.373 e. The van der Waals surface area contributed by atoms with Gasteiger partial charge in [-0.3, -0.25) is 4.79 Å². The largest absolute Gasteiger partial charge is 0.428 e. The Bertz CT molecular complexity index is 545. The molecule has 4 nitrogen and oxygen atoms in total. The molecule has 0 aromatic carbocycles. The highest BCUT2D eigenvalue weighted by molar-refractivity contribution is 9.11. The molecule has 0 saturated heterocycles. The van der Waals surface area contributed by atoms with E-state index in [2.05, 4.69) is 55.0 Å². The van der Waals surface area contributed by atoms with Gasteiger partial charge in [0.25, 0.3) is 6.47 Å². The molecule has 0 aliphatic heterocycles. The number of aryl methyl sites for hydroxylation is 1. The summed E-state index contributed by atoms with van der Waals surface area (Å²) >= 11 is 9.84. The van der Waals surface area contributed by atoms with Crippen LogP contribution in [0.25, 0.3) is 0 Å². The first-order chi connectivity index (χ1) is 9.57. The maximum absolute atomic E-state index is 9.75. The fraction of sp³-hybridized carbons (Fsp3) is 0.167. The average molecular weight is 442 g/mol. The number of rotatable bonds is 3. The first-order valence-corrected chi connectivity index (χ1v) is 8.48. The molecular formula is C12H10Br2O4S2. The molecule has 108 valence electrons. The summed E-state index contributed by atoms with van der Waals surface area (Å²) in [6.45, 7) is 2.57. The molecule has 2 heterocycles. The molecular weight excluding hydrogens is 432 g/mol. The van der Waals surface area contributed by atoms with Gasteiger partial charge in [-0.05, 0) is 55.3 Å². The van der Waals surface area contributed by atoms with E-state index in [1.54, 1.807) is 22.8 Å². The number of ether oxygens (including phenoxy) is 1. The Labute approximate surface area is 141 Å². The van der Waals surface area contributed by atoms with Crippen molar-refractivity contribution >= 4 is 67.2 Å². The van der Waals surface area contributed by atoms with Crippen molar-refractivity contribution in [2.24, 2.45) is 0 Å². The average Bonchev–Trinajstić information content (AvgIpc) is 3.00. The van der Waals surface area contributed by atoms with Crippen LogP contribution in [0.2, 0.25) is 0 Å². The van der Waals surface area contributed by atoms with Crippen molar-refractivity contribution in [3.63, 3.8) is 0 Å². The highest BCUT2D eigenvalue weighted by Gasteiger charge is 1.94. The molecule has 0 aliphatic rings. The molecule has 0 aliphatic carbocycles. The standard InChI is InChI=1S/C6H7BrS.C5H3BrO2S.CO2/c1-2-5-3-6(7)8-4-5;6-5-1-4(2-9-5)8-3-7;2-1-3/h3-4H,2H2,1H3;1-3H;. The quantitative estimate of drug-likeness (QED) is 0.656. The second kappa shape index (κ2) is 12.0. The Morgan fingerprint density at radius 2 is 1.75 bits per heavy atom. The predicted molar refractivity (Wildman–Crippen MR) is 85.1 cm³/mol. The van der Waals surface area contributed by atoms with E-state index in [1.807, 2.05) is 0 Å². The molecule has 0 unspecified atom stereocenters. The summed E-state index contributed by atoms with van der Waals surface area (Å²) in [7, 11) is 0. The molecule has 0 saturated carbocycles. The second-order valence-electron chi connectivity index (χ2n) is 3.00. The lowest BCUT2D eigenvalue weighted by Gasteiger charge is -1.85. The van der Waals surface area contributed by atoms with Gasteiger partial charge in [-0.1, -0.05) is 6.92 Å². The molecule has 2 rings (SSSR count). The number of halogens is 2. The monoisotopic (exact) mass is 440 g/mol. The molecule has 0 radical (unpaired) electrons. The van der Waals surface area contributed by atoms with Gasteiger partial charge >= 0.3 is 6.15 Å². The van der Waals surface area contributed by atoms with E-state index >= 15 is 0 Å². The van der Waals surface area contributed by atoms with Crippen molar-refractivity contribution in [1.29, 1.82) is 0 Å². The Kier molecular flexibility index (Phi) is 11.5. The van der Waals surface area contributed by atoms with Gasteiger partial charge in [0.15, 0.2) is 0 Å². The summed E-state index contributed by atoms with van der Waals surface area (Å²) in [6, 6.07) is 3.89. The van der Waals surface area contributed by atoms with E-state index in [9.17, 15) is 4.79 Å². The third kappa shape index (κ3) is 9.17. The molecule has 0 atom stereocenters. The van der Waals surface area contributed by atoms with E-state index in [4.69, 9.17) is 9.59 Å². The third-order valence-electron chi connectivity index (χ3n) is 1.76. The van der Waals surface area contributed by atoms with Crippen LogP contribution in [-0.4, -0.2) is 12.6 Å². The minimum Gasteiger partial charge on any atom is -0.428 e. The number of thiophene rings is 2. The van der Waals surface area contributed by atoms with Crippen LogP contribution in [0.1, 0.15) is 12.5 Å². The first kappa shape index (κ1) is 19.2. The summed E-state index contributed by atoms with van der Waals surface area (Å²) in [5, 5.41) is 3.92. The van der Waals surface area contributed by atoms with Crippen LogP contribution in [0.3, 0.4) is 0 Å². The summed E-state index contributed by atoms with van der Waals surface area (Å²) < 4.78 is 6.72. The van der Waals surface area contributed by atoms with Crippen LogP contribution in [-0.2, 0) is 20.8 Å². The molecule has 20 heavy (non-hydrogen) atoms. The maximum atomic E-state index is 9.75. The van der Waals surface area contributed by atoms with Crippen LogP contribution in [0, 0.1) is 0 Å². The van der Waals surface area contributed by atoms with E-state index in [-0.39, 0.29) is 6.15 Å².